The minimum Gasteiger partial charge on any atom is -0.482 e. The summed E-state index contributed by atoms with van der Waals surface area (Å²) in [6.07, 6.45) is 4.52. The largest absolute Gasteiger partial charge is 0.482 e. The summed E-state index contributed by atoms with van der Waals surface area (Å²) in [5.41, 5.74) is 0.719. The maximum Gasteiger partial charge on any atom is 0.261 e. The van der Waals surface area contributed by atoms with Crippen LogP contribution in [0, 0.1) is 5.82 Å². The third-order valence-electron chi connectivity index (χ3n) is 5.60. The van der Waals surface area contributed by atoms with E-state index in [4.69, 9.17) is 27.9 Å². The van der Waals surface area contributed by atoms with Gasteiger partial charge in [-0.1, -0.05) is 55.1 Å². The number of benzene rings is 2. The monoisotopic (exact) mass is 480 g/mol. The molecular formula is C24H27Cl2FN2O3. The molecule has 3 rings (SSSR count). The van der Waals surface area contributed by atoms with Crippen LogP contribution in [0.2, 0.25) is 10.0 Å². The van der Waals surface area contributed by atoms with E-state index in [9.17, 15) is 14.0 Å². The second-order valence-corrected chi connectivity index (χ2v) is 8.77. The van der Waals surface area contributed by atoms with Crippen molar-refractivity contribution in [1.29, 1.82) is 0 Å². The summed E-state index contributed by atoms with van der Waals surface area (Å²) >= 11 is 12.0. The van der Waals surface area contributed by atoms with Crippen molar-refractivity contribution in [1.82, 2.24) is 10.2 Å². The fourth-order valence-electron chi connectivity index (χ4n) is 3.89. The van der Waals surface area contributed by atoms with Gasteiger partial charge in [-0.05, 0) is 55.2 Å². The zero-order valence-electron chi connectivity index (χ0n) is 18.0. The van der Waals surface area contributed by atoms with Crippen LogP contribution in [0.5, 0.6) is 5.75 Å². The van der Waals surface area contributed by atoms with Crippen molar-refractivity contribution >= 4 is 35.0 Å². The minimum atomic E-state index is -0.669. The highest BCUT2D eigenvalue weighted by Crippen LogP contribution is 2.27. The second kappa shape index (κ2) is 11.5. The van der Waals surface area contributed by atoms with Gasteiger partial charge in [0.1, 0.15) is 17.6 Å². The lowest BCUT2D eigenvalue weighted by atomic mass is 10.1. The maximum atomic E-state index is 13.4. The Kier molecular flexibility index (Phi) is 8.76. The van der Waals surface area contributed by atoms with E-state index in [1.54, 1.807) is 24.3 Å². The molecule has 1 N–H and O–H groups in total. The van der Waals surface area contributed by atoms with Gasteiger partial charge in [-0.25, -0.2) is 4.39 Å². The summed E-state index contributed by atoms with van der Waals surface area (Å²) in [4.78, 5) is 27.7. The average Bonchev–Trinajstić information content (AvgIpc) is 3.27. The summed E-state index contributed by atoms with van der Waals surface area (Å²) in [6.45, 7) is 1.73. The lowest BCUT2D eigenvalue weighted by Gasteiger charge is -2.31. The molecule has 1 fully saturated rings. The van der Waals surface area contributed by atoms with Crippen LogP contribution >= 0.6 is 23.2 Å². The SMILES string of the molecule is CC[C@@H](C(=O)NC1CCCC1)N(Cc1ccc(F)cc1)C(=O)COc1ccc(Cl)cc1Cl. The first kappa shape index (κ1) is 24.3. The van der Waals surface area contributed by atoms with Gasteiger partial charge in [-0.15, -0.1) is 0 Å². The molecule has 0 bridgehead atoms. The Morgan fingerprint density at radius 1 is 1.16 bits per heavy atom. The van der Waals surface area contributed by atoms with Crippen molar-refractivity contribution in [3.05, 3.63) is 63.9 Å². The van der Waals surface area contributed by atoms with Crippen LogP contribution in [0.25, 0.3) is 0 Å². The van der Waals surface area contributed by atoms with Gasteiger partial charge in [0.05, 0.1) is 5.02 Å². The minimum absolute atomic E-state index is 0.142. The summed E-state index contributed by atoms with van der Waals surface area (Å²) < 4.78 is 19.0. The zero-order chi connectivity index (χ0) is 23.1. The van der Waals surface area contributed by atoms with Crippen LogP contribution in [0.1, 0.15) is 44.6 Å². The Morgan fingerprint density at radius 3 is 2.47 bits per heavy atom. The Bertz CT molecular complexity index is 933. The van der Waals surface area contributed by atoms with Crippen molar-refractivity contribution in [2.75, 3.05) is 6.61 Å². The first-order valence-electron chi connectivity index (χ1n) is 10.8. The standard InChI is InChI=1S/C24H27Cl2FN2O3/c1-2-21(24(31)28-19-5-3-4-6-19)29(14-16-7-10-18(27)11-8-16)23(30)15-32-22-12-9-17(25)13-20(22)26/h7-13,19,21H,2-6,14-15H2,1H3,(H,28,31)/t21-/m0/s1. The van der Waals surface area contributed by atoms with Gasteiger partial charge in [0.25, 0.3) is 5.91 Å². The van der Waals surface area contributed by atoms with Gasteiger partial charge in [0.2, 0.25) is 5.91 Å². The van der Waals surface area contributed by atoms with E-state index in [-0.39, 0.29) is 36.8 Å². The van der Waals surface area contributed by atoms with E-state index >= 15 is 0 Å². The van der Waals surface area contributed by atoms with Crippen LogP contribution in [0.15, 0.2) is 42.5 Å². The predicted octanol–water partition coefficient (Wildman–Crippen LogP) is 5.38. The molecule has 0 heterocycles. The highest BCUT2D eigenvalue weighted by molar-refractivity contribution is 6.35. The molecule has 172 valence electrons. The lowest BCUT2D eigenvalue weighted by Crippen LogP contribution is -2.52. The number of halogens is 3. The molecule has 0 aromatic heterocycles. The van der Waals surface area contributed by atoms with Gasteiger partial charge in [0, 0.05) is 17.6 Å². The van der Waals surface area contributed by atoms with E-state index in [0.29, 0.717) is 22.2 Å². The quantitative estimate of drug-likeness (QED) is 0.524. The molecule has 2 amide bonds. The smallest absolute Gasteiger partial charge is 0.261 e. The Balaban J connectivity index is 1.76. The van der Waals surface area contributed by atoms with Crippen LogP contribution in [0.3, 0.4) is 0 Å². The molecule has 0 unspecified atom stereocenters. The predicted molar refractivity (Wildman–Crippen MR) is 123 cm³/mol. The number of hydrogen-bond donors (Lipinski definition) is 1. The van der Waals surface area contributed by atoms with Gasteiger partial charge < -0.3 is 15.0 Å². The van der Waals surface area contributed by atoms with Crippen molar-refractivity contribution < 1.29 is 18.7 Å². The molecule has 0 saturated heterocycles. The Morgan fingerprint density at radius 2 is 1.84 bits per heavy atom. The molecule has 1 saturated carbocycles. The molecule has 32 heavy (non-hydrogen) atoms. The number of nitrogens with zero attached hydrogens (tertiary/aromatic N) is 1. The molecule has 2 aromatic rings. The van der Waals surface area contributed by atoms with E-state index in [1.165, 1.54) is 23.1 Å². The summed E-state index contributed by atoms with van der Waals surface area (Å²) in [5.74, 6) is -0.582. The molecule has 0 radical (unpaired) electrons. The fraction of sp³-hybridized carbons (Fsp3) is 0.417. The van der Waals surface area contributed by atoms with Crippen molar-refractivity contribution in [2.24, 2.45) is 0 Å². The second-order valence-electron chi connectivity index (χ2n) is 7.93. The number of ether oxygens (including phenoxy) is 1. The van der Waals surface area contributed by atoms with E-state index < -0.39 is 6.04 Å². The van der Waals surface area contributed by atoms with Crippen LogP contribution in [-0.4, -0.2) is 35.4 Å². The van der Waals surface area contributed by atoms with Gasteiger partial charge in [0.15, 0.2) is 6.61 Å². The van der Waals surface area contributed by atoms with Crippen molar-refractivity contribution in [2.45, 2.75) is 57.7 Å². The first-order chi connectivity index (χ1) is 15.4. The highest BCUT2D eigenvalue weighted by Gasteiger charge is 2.31. The molecule has 0 aliphatic heterocycles. The van der Waals surface area contributed by atoms with Gasteiger partial charge in [-0.3, -0.25) is 9.59 Å². The average molecular weight is 481 g/mol. The van der Waals surface area contributed by atoms with Crippen molar-refractivity contribution in [3.63, 3.8) is 0 Å². The number of amides is 2. The first-order valence-corrected chi connectivity index (χ1v) is 11.5. The molecule has 1 aliphatic rings. The molecule has 5 nitrogen and oxygen atoms in total. The third-order valence-corrected chi connectivity index (χ3v) is 6.13. The summed E-state index contributed by atoms with van der Waals surface area (Å²) in [5, 5.41) is 3.83. The Labute approximate surface area is 197 Å². The topological polar surface area (TPSA) is 58.6 Å². The Hall–Kier alpha value is -2.31. The van der Waals surface area contributed by atoms with Gasteiger partial charge in [-0.2, -0.15) is 0 Å². The number of rotatable bonds is 9. The van der Waals surface area contributed by atoms with Crippen molar-refractivity contribution in [3.8, 4) is 5.75 Å². The molecule has 1 aliphatic carbocycles. The molecule has 1 atom stereocenters. The molecular weight excluding hydrogens is 454 g/mol. The molecule has 0 spiro atoms. The normalized spacial score (nSPS) is 14.8. The highest BCUT2D eigenvalue weighted by atomic mass is 35.5. The summed E-state index contributed by atoms with van der Waals surface area (Å²) in [7, 11) is 0. The number of carbonyl (C=O) groups is 2. The third kappa shape index (κ3) is 6.59. The van der Waals surface area contributed by atoms with E-state index in [0.717, 1.165) is 31.2 Å². The van der Waals surface area contributed by atoms with E-state index in [2.05, 4.69) is 5.32 Å². The van der Waals surface area contributed by atoms with Crippen LogP contribution < -0.4 is 10.1 Å². The zero-order valence-corrected chi connectivity index (χ0v) is 19.5. The van der Waals surface area contributed by atoms with E-state index in [1.807, 2.05) is 6.92 Å². The summed E-state index contributed by atoms with van der Waals surface area (Å²) in [6, 6.07) is 10.1. The van der Waals surface area contributed by atoms with Crippen LogP contribution in [-0.2, 0) is 16.1 Å². The number of hydrogen-bond acceptors (Lipinski definition) is 3. The van der Waals surface area contributed by atoms with Crippen LogP contribution in [0.4, 0.5) is 4.39 Å². The number of carbonyl (C=O) groups excluding carboxylic acids is 2. The maximum absolute atomic E-state index is 13.4. The molecule has 8 heteroatoms. The number of nitrogens with one attached hydrogen (secondary N) is 1. The molecule has 2 aromatic carbocycles. The lowest BCUT2D eigenvalue weighted by molar-refractivity contribution is -0.143. The van der Waals surface area contributed by atoms with Gasteiger partial charge >= 0.3 is 0 Å². The fourth-order valence-corrected chi connectivity index (χ4v) is 4.35.